The second-order valence-corrected chi connectivity index (χ2v) is 72.5. The van der Waals surface area contributed by atoms with Gasteiger partial charge in [-0.3, -0.25) is 0 Å². The molecule has 1 nitrogen and oxygen atoms in total. The van der Waals surface area contributed by atoms with Crippen LogP contribution in [-0.2, 0) is 0 Å². The SMILES string of the molecule is OCCCC[As]1[As]=[As][As]=[As]1. The van der Waals surface area contributed by atoms with Crippen LogP contribution in [0.5, 0.6) is 0 Å². The Kier molecular flexibility index (Phi) is 7.78. The predicted octanol–water partition coefficient (Wildman–Crippen LogP) is -1.18. The van der Waals surface area contributed by atoms with Crippen molar-refractivity contribution >= 4 is 54.8 Å². The van der Waals surface area contributed by atoms with E-state index in [0.717, 1.165) is 50.7 Å². The normalized spacial score (nSPS) is 28.7. The first kappa shape index (κ1) is 10.8. The predicted molar refractivity (Wildman–Crippen MR) is 49.9 cm³/mol. The molecule has 0 spiro atoms. The van der Waals surface area contributed by atoms with Crippen molar-refractivity contribution in [3.63, 3.8) is 0 Å². The Morgan fingerprint density at radius 2 is 1.80 bits per heavy atom. The van der Waals surface area contributed by atoms with Gasteiger partial charge in [-0.25, -0.2) is 0 Å². The van der Waals surface area contributed by atoms with Crippen LogP contribution in [0.4, 0.5) is 0 Å². The first-order valence-corrected chi connectivity index (χ1v) is 30.5. The zero-order chi connectivity index (χ0) is 7.23. The van der Waals surface area contributed by atoms with Crippen LogP contribution >= 0.6 is 0 Å². The first-order valence-electron chi connectivity index (χ1n) is 3.13. The molecule has 0 aliphatic carbocycles. The molecule has 1 aliphatic heterocycles. The second-order valence-electron chi connectivity index (χ2n) is 1.88. The van der Waals surface area contributed by atoms with E-state index < -0.39 is 0 Å². The van der Waals surface area contributed by atoms with Crippen molar-refractivity contribution in [1.29, 1.82) is 0 Å². The number of hydrogen-bond acceptors (Lipinski definition) is 1. The van der Waals surface area contributed by atoms with E-state index in [-0.39, 0.29) is 10.5 Å². The zero-order valence-electron chi connectivity index (χ0n) is 5.51. The number of aliphatic hydroxyl groups excluding tert-OH is 1. The summed E-state index contributed by atoms with van der Waals surface area (Å²) in [5.74, 6) is 0. The van der Waals surface area contributed by atoms with Crippen LogP contribution in [0.15, 0.2) is 0 Å². The molecular weight excluding hydrogens is 439 g/mol. The minimum atomic E-state index is -0.0144. The first-order chi connectivity index (χ1) is 4.93. The van der Waals surface area contributed by atoms with Crippen LogP contribution in [0.3, 0.4) is 0 Å². The molecule has 0 aromatic rings. The summed E-state index contributed by atoms with van der Waals surface area (Å²) in [5.41, 5.74) is 0. The summed E-state index contributed by atoms with van der Waals surface area (Å²) in [4.78, 5) is 0. The average Bonchev–Trinajstić information content (AvgIpc) is 2.41. The van der Waals surface area contributed by atoms with Crippen LogP contribution in [-0.4, -0.2) is 66.5 Å². The summed E-state index contributed by atoms with van der Waals surface area (Å²) in [7, 11) is -0.0144. The molecule has 1 heterocycles. The zero-order valence-corrected chi connectivity index (χ0v) is 14.9. The molecule has 0 saturated carbocycles. The maximum atomic E-state index is 8.58. The van der Waals surface area contributed by atoms with Crippen molar-refractivity contribution in [2.75, 3.05) is 6.61 Å². The van der Waals surface area contributed by atoms with Gasteiger partial charge in [0.15, 0.2) is 0 Å². The van der Waals surface area contributed by atoms with Crippen molar-refractivity contribution in [2.24, 2.45) is 0 Å². The Balaban J connectivity index is 2.03. The molecule has 0 aromatic heterocycles. The monoisotopic (exact) mass is 448 g/mol. The van der Waals surface area contributed by atoms with Crippen LogP contribution in [0.1, 0.15) is 12.8 Å². The van der Waals surface area contributed by atoms with Gasteiger partial charge >= 0.3 is 84.6 Å². The van der Waals surface area contributed by atoms with Gasteiger partial charge in [0, 0.05) is 0 Å². The van der Waals surface area contributed by atoms with E-state index in [2.05, 4.69) is 0 Å². The van der Waals surface area contributed by atoms with Crippen LogP contribution in [0.2, 0.25) is 5.21 Å². The fourth-order valence-corrected chi connectivity index (χ4v) is 397. The number of unbranched alkanes of at least 4 members (excludes halogenated alkanes) is 1. The molecule has 1 rings (SSSR count). The van der Waals surface area contributed by atoms with Gasteiger partial charge in [-0.1, -0.05) is 0 Å². The van der Waals surface area contributed by atoms with E-state index in [1.54, 1.807) is 5.21 Å². The summed E-state index contributed by atoms with van der Waals surface area (Å²) in [6, 6.07) is 0. The van der Waals surface area contributed by atoms with Crippen LogP contribution in [0, 0.1) is 0 Å². The van der Waals surface area contributed by atoms with Gasteiger partial charge in [-0.15, -0.1) is 0 Å². The molecule has 0 amide bonds. The number of rotatable bonds is 4. The van der Waals surface area contributed by atoms with E-state index >= 15 is 0 Å². The molecule has 10 heavy (non-hydrogen) atoms. The van der Waals surface area contributed by atoms with Gasteiger partial charge in [0.25, 0.3) is 0 Å². The third kappa shape index (κ3) is 4.70. The van der Waals surface area contributed by atoms with Crippen molar-refractivity contribution in [2.45, 2.75) is 18.1 Å². The van der Waals surface area contributed by atoms with E-state index in [9.17, 15) is 0 Å². The van der Waals surface area contributed by atoms with Gasteiger partial charge in [0.1, 0.15) is 0 Å². The van der Waals surface area contributed by atoms with Crippen molar-refractivity contribution < 1.29 is 5.11 Å². The Bertz CT molecular complexity index is 133. The third-order valence-corrected chi connectivity index (χ3v) is 170. The topological polar surface area (TPSA) is 20.2 Å². The minimum absolute atomic E-state index is 0.0144. The quantitative estimate of drug-likeness (QED) is 0.425. The molecular formula is C4H9As5O. The summed E-state index contributed by atoms with van der Waals surface area (Å²) in [6.07, 6.45) is 2.48. The average molecular weight is 448 g/mol. The van der Waals surface area contributed by atoms with E-state index in [1.165, 1.54) is 6.42 Å². The summed E-state index contributed by atoms with van der Waals surface area (Å²) >= 11 is 4.13. The fraction of sp³-hybridized carbons (Fsp3) is 1.00. The molecule has 0 fully saturated rings. The van der Waals surface area contributed by atoms with E-state index in [0.29, 0.717) is 6.61 Å². The molecule has 0 atom stereocenters. The fourth-order valence-electron chi connectivity index (χ4n) is 0.600. The van der Waals surface area contributed by atoms with Crippen LogP contribution in [0.25, 0.3) is 0 Å². The third-order valence-electron chi connectivity index (χ3n) is 1.09. The van der Waals surface area contributed by atoms with Gasteiger partial charge in [-0.2, -0.15) is 0 Å². The molecule has 56 valence electrons. The molecule has 0 aromatic carbocycles. The molecule has 6 heteroatoms. The van der Waals surface area contributed by atoms with Crippen molar-refractivity contribution in [3.05, 3.63) is 0 Å². The molecule has 0 radical (unpaired) electrons. The Morgan fingerprint density at radius 3 is 2.40 bits per heavy atom. The second kappa shape index (κ2) is 7.18. The van der Waals surface area contributed by atoms with Gasteiger partial charge in [0.05, 0.1) is 0 Å². The Labute approximate surface area is 83.1 Å². The molecule has 1 aliphatic rings. The summed E-state index contributed by atoms with van der Waals surface area (Å²) in [6.45, 7) is 0.441. The Morgan fingerprint density at radius 1 is 1.10 bits per heavy atom. The number of aliphatic hydroxyl groups is 1. The summed E-state index contributed by atoms with van der Waals surface area (Å²) in [5, 5.41) is 10.2. The van der Waals surface area contributed by atoms with Gasteiger partial charge in [0.2, 0.25) is 0 Å². The van der Waals surface area contributed by atoms with Crippen LogP contribution < -0.4 is 0 Å². The van der Waals surface area contributed by atoms with Gasteiger partial charge in [-0.05, 0) is 0 Å². The van der Waals surface area contributed by atoms with Gasteiger partial charge < -0.3 is 0 Å². The van der Waals surface area contributed by atoms with E-state index in [4.69, 9.17) is 5.11 Å². The molecule has 0 bridgehead atoms. The standard InChI is InChI=1S/C4H9As5O/c10-4-2-1-3-9-7-5-6-8-9/h10H,1-4H2. The maximum absolute atomic E-state index is 8.58. The molecule has 0 saturated heterocycles. The Hall–Kier alpha value is 2.75. The summed E-state index contributed by atoms with van der Waals surface area (Å²) < 4.78 is 0. The number of hydrogen-bond donors (Lipinski definition) is 1. The van der Waals surface area contributed by atoms with E-state index in [1.807, 2.05) is 0 Å². The molecule has 0 unspecified atom stereocenters. The molecule has 1 N–H and O–H groups in total. The van der Waals surface area contributed by atoms with Crippen molar-refractivity contribution in [1.82, 2.24) is 0 Å². The van der Waals surface area contributed by atoms with Crippen molar-refractivity contribution in [3.8, 4) is 0 Å².